The van der Waals surface area contributed by atoms with Gasteiger partial charge >= 0.3 is 5.97 Å². The minimum absolute atomic E-state index is 0.00837. The first kappa shape index (κ1) is 17.4. The second-order valence-corrected chi connectivity index (χ2v) is 6.49. The van der Waals surface area contributed by atoms with Crippen molar-refractivity contribution >= 4 is 33.5 Å². The predicted molar refractivity (Wildman–Crippen MR) is 76.6 cm³/mol. The van der Waals surface area contributed by atoms with Crippen LogP contribution in [0.1, 0.15) is 30.1 Å². The van der Waals surface area contributed by atoms with Gasteiger partial charge in [0.1, 0.15) is 6.04 Å². The van der Waals surface area contributed by atoms with Gasteiger partial charge in [0.25, 0.3) is 0 Å². The third-order valence-corrected chi connectivity index (χ3v) is 4.31. The first-order valence-corrected chi connectivity index (χ1v) is 7.89. The number of amides is 1. The van der Waals surface area contributed by atoms with Crippen LogP contribution in [-0.2, 0) is 14.8 Å². The minimum Gasteiger partial charge on any atom is -0.480 e. The van der Waals surface area contributed by atoms with E-state index >= 15 is 0 Å². The Morgan fingerprint density at radius 2 is 2.00 bits per heavy atom. The van der Waals surface area contributed by atoms with Crippen LogP contribution >= 0.6 is 11.6 Å². The number of hydrogen-bond acceptors (Lipinski definition) is 4. The Bertz CT molecular complexity index is 660. The Kier molecular flexibility index (Phi) is 5.70. The number of carbonyl (C=O) groups excluding carboxylic acids is 1. The molecule has 0 saturated carbocycles. The Morgan fingerprint density at radius 3 is 2.48 bits per heavy atom. The predicted octanol–water partition coefficient (Wildman–Crippen LogP) is 0.971. The van der Waals surface area contributed by atoms with E-state index < -0.39 is 27.9 Å². The van der Waals surface area contributed by atoms with E-state index in [1.807, 2.05) is 0 Å². The molecule has 0 saturated heterocycles. The molecule has 0 heterocycles. The van der Waals surface area contributed by atoms with Crippen molar-refractivity contribution in [2.45, 2.75) is 30.7 Å². The van der Waals surface area contributed by atoms with Gasteiger partial charge < -0.3 is 10.8 Å². The van der Waals surface area contributed by atoms with Crippen LogP contribution in [0.4, 0.5) is 0 Å². The number of rotatable bonds is 7. The zero-order chi connectivity index (χ0) is 16.2. The van der Waals surface area contributed by atoms with Crippen molar-refractivity contribution in [3.63, 3.8) is 0 Å². The van der Waals surface area contributed by atoms with Gasteiger partial charge in [-0.15, -0.1) is 0 Å². The fraction of sp³-hybridized carbons (Fsp3) is 0.333. The van der Waals surface area contributed by atoms with Crippen molar-refractivity contribution in [1.82, 2.24) is 4.72 Å². The maximum Gasteiger partial charge on any atom is 0.321 e. The summed E-state index contributed by atoms with van der Waals surface area (Å²) in [5.41, 5.74) is 5.01. The summed E-state index contributed by atoms with van der Waals surface area (Å²) in [7, 11) is -4.13. The lowest BCUT2D eigenvalue weighted by Crippen LogP contribution is -2.40. The van der Waals surface area contributed by atoms with Gasteiger partial charge in [-0.1, -0.05) is 24.9 Å². The lowest BCUT2D eigenvalue weighted by molar-refractivity contribution is -0.139. The number of nitrogens with one attached hydrogen (secondary N) is 1. The molecule has 1 unspecified atom stereocenters. The van der Waals surface area contributed by atoms with Gasteiger partial charge in [0.15, 0.2) is 0 Å². The Balaban J connectivity index is 3.18. The van der Waals surface area contributed by atoms with Gasteiger partial charge in [-0.05, 0) is 24.6 Å². The average molecular weight is 335 g/mol. The molecule has 0 aliphatic rings. The zero-order valence-electron chi connectivity index (χ0n) is 11.2. The van der Waals surface area contributed by atoms with Crippen LogP contribution in [0.5, 0.6) is 0 Å². The molecule has 7 nitrogen and oxygen atoms in total. The van der Waals surface area contributed by atoms with Crippen molar-refractivity contribution in [3.05, 3.63) is 28.8 Å². The summed E-state index contributed by atoms with van der Waals surface area (Å²) >= 11 is 5.74. The van der Waals surface area contributed by atoms with Gasteiger partial charge in [0.05, 0.1) is 4.90 Å². The van der Waals surface area contributed by atoms with Gasteiger partial charge in [0, 0.05) is 10.6 Å². The van der Waals surface area contributed by atoms with E-state index in [0.717, 1.165) is 12.1 Å². The van der Waals surface area contributed by atoms with E-state index in [0.29, 0.717) is 6.42 Å². The zero-order valence-corrected chi connectivity index (χ0v) is 12.7. The van der Waals surface area contributed by atoms with Crippen LogP contribution < -0.4 is 10.5 Å². The van der Waals surface area contributed by atoms with Gasteiger partial charge in [0.2, 0.25) is 15.9 Å². The topological polar surface area (TPSA) is 127 Å². The van der Waals surface area contributed by atoms with Crippen LogP contribution in [0.3, 0.4) is 0 Å². The summed E-state index contributed by atoms with van der Waals surface area (Å²) in [6.07, 6.45) is 0.624. The summed E-state index contributed by atoms with van der Waals surface area (Å²) in [5.74, 6) is -2.12. The van der Waals surface area contributed by atoms with Crippen LogP contribution in [-0.4, -0.2) is 31.4 Å². The lowest BCUT2D eigenvalue weighted by atomic mass is 10.2. The molecule has 0 bridgehead atoms. The number of primary amides is 1. The maximum atomic E-state index is 12.2. The van der Waals surface area contributed by atoms with Crippen LogP contribution in [0, 0.1) is 0 Å². The van der Waals surface area contributed by atoms with E-state index in [1.165, 1.54) is 6.07 Å². The summed E-state index contributed by atoms with van der Waals surface area (Å²) in [5, 5.41) is 8.99. The number of carbonyl (C=O) groups is 2. The molecule has 0 aliphatic heterocycles. The molecule has 1 rings (SSSR count). The Morgan fingerprint density at radius 1 is 1.38 bits per heavy atom. The molecule has 0 spiro atoms. The standard InChI is InChI=1S/C12H15ClN2O5S/c1-2-3-10(12(17)18)15-21(19,20)9-5-7(11(14)16)4-8(13)6-9/h4-6,10,15H,2-3H2,1H3,(H2,14,16)(H,17,18). The monoisotopic (exact) mass is 334 g/mol. The largest absolute Gasteiger partial charge is 0.480 e. The fourth-order valence-corrected chi connectivity index (χ4v) is 3.23. The molecule has 1 aromatic carbocycles. The van der Waals surface area contributed by atoms with E-state index in [-0.39, 0.29) is 21.9 Å². The highest BCUT2D eigenvalue weighted by molar-refractivity contribution is 7.89. The number of carboxylic acid groups (broad SMARTS) is 1. The quantitative estimate of drug-likeness (QED) is 0.684. The van der Waals surface area contributed by atoms with Gasteiger partial charge in [-0.2, -0.15) is 4.72 Å². The van der Waals surface area contributed by atoms with E-state index in [4.69, 9.17) is 22.4 Å². The van der Waals surface area contributed by atoms with Crippen LogP contribution in [0.2, 0.25) is 5.02 Å². The molecule has 4 N–H and O–H groups in total. The van der Waals surface area contributed by atoms with Crippen molar-refractivity contribution in [1.29, 1.82) is 0 Å². The molecule has 116 valence electrons. The molecule has 21 heavy (non-hydrogen) atoms. The van der Waals surface area contributed by atoms with Crippen molar-refractivity contribution in [2.24, 2.45) is 5.73 Å². The highest BCUT2D eigenvalue weighted by atomic mass is 35.5. The van der Waals surface area contributed by atoms with Crippen LogP contribution in [0.15, 0.2) is 23.1 Å². The molecular formula is C12H15ClN2O5S. The Hall–Kier alpha value is -1.64. The SMILES string of the molecule is CCCC(NS(=O)(=O)c1cc(Cl)cc(C(N)=O)c1)C(=O)O. The van der Waals surface area contributed by atoms with Crippen molar-refractivity contribution < 1.29 is 23.1 Å². The number of benzene rings is 1. The second-order valence-electron chi connectivity index (χ2n) is 4.34. The molecule has 1 amide bonds. The number of nitrogens with two attached hydrogens (primary N) is 1. The first-order valence-electron chi connectivity index (χ1n) is 6.03. The van der Waals surface area contributed by atoms with Crippen molar-refractivity contribution in [3.8, 4) is 0 Å². The summed E-state index contributed by atoms with van der Waals surface area (Å²) in [6, 6.07) is 2.13. The van der Waals surface area contributed by atoms with Gasteiger partial charge in [-0.25, -0.2) is 8.42 Å². The molecule has 1 aromatic rings. The number of aliphatic carboxylic acids is 1. The second kappa shape index (κ2) is 6.88. The first-order chi connectivity index (χ1) is 9.67. The molecule has 0 radical (unpaired) electrons. The molecule has 9 heteroatoms. The van der Waals surface area contributed by atoms with Crippen molar-refractivity contribution in [2.75, 3.05) is 0 Å². The van der Waals surface area contributed by atoms with E-state index in [1.54, 1.807) is 6.92 Å². The normalized spacial score (nSPS) is 12.9. The Labute approximate surface area is 127 Å². The number of halogens is 1. The third-order valence-electron chi connectivity index (χ3n) is 2.64. The van der Waals surface area contributed by atoms with E-state index in [9.17, 15) is 18.0 Å². The van der Waals surface area contributed by atoms with E-state index in [2.05, 4.69) is 4.72 Å². The highest BCUT2D eigenvalue weighted by Gasteiger charge is 2.25. The van der Waals surface area contributed by atoms with Crippen LogP contribution in [0.25, 0.3) is 0 Å². The smallest absolute Gasteiger partial charge is 0.321 e. The fourth-order valence-electron chi connectivity index (χ4n) is 1.64. The molecule has 0 aromatic heterocycles. The lowest BCUT2D eigenvalue weighted by Gasteiger charge is -2.14. The summed E-state index contributed by atoms with van der Waals surface area (Å²) in [4.78, 5) is 21.8. The third kappa shape index (κ3) is 4.69. The minimum atomic E-state index is -4.13. The molecule has 0 aliphatic carbocycles. The molecular weight excluding hydrogens is 320 g/mol. The van der Waals surface area contributed by atoms with Gasteiger partial charge in [-0.3, -0.25) is 9.59 Å². The number of hydrogen-bond donors (Lipinski definition) is 3. The molecule has 0 fully saturated rings. The highest BCUT2D eigenvalue weighted by Crippen LogP contribution is 2.19. The molecule has 1 atom stereocenters. The average Bonchev–Trinajstić information content (AvgIpc) is 2.37. The number of sulfonamides is 1. The maximum absolute atomic E-state index is 12.2. The summed E-state index contributed by atoms with van der Waals surface area (Å²) < 4.78 is 26.4. The number of carboxylic acids is 1. The summed E-state index contributed by atoms with van der Waals surface area (Å²) in [6.45, 7) is 1.73.